The van der Waals surface area contributed by atoms with Crippen LogP contribution in [0.1, 0.15) is 85.0 Å². The summed E-state index contributed by atoms with van der Waals surface area (Å²) in [5.74, 6) is -1.92. The van der Waals surface area contributed by atoms with E-state index in [1.807, 2.05) is 87.5 Å². The Hall–Kier alpha value is -4.98. The predicted molar refractivity (Wildman–Crippen MR) is 216 cm³/mol. The van der Waals surface area contributed by atoms with Gasteiger partial charge >= 0.3 is 0 Å². The first-order valence-electron chi connectivity index (χ1n) is 20.0. The Labute approximate surface area is 334 Å². The van der Waals surface area contributed by atoms with Crippen molar-refractivity contribution in [1.82, 2.24) is 25.2 Å². The Balaban J connectivity index is 1.23. The van der Waals surface area contributed by atoms with Gasteiger partial charge in [0.1, 0.15) is 29.2 Å². The molecule has 14 heteroatoms. The van der Waals surface area contributed by atoms with Crippen molar-refractivity contribution in [2.24, 2.45) is 11.8 Å². The van der Waals surface area contributed by atoms with Crippen LogP contribution in [0.3, 0.4) is 0 Å². The largest absolute Gasteiger partial charge is 0.497 e. The minimum atomic E-state index is -3.89. The number of nitrogens with zero attached hydrogens (tertiary/aromatic N) is 2. The first-order chi connectivity index (χ1) is 27.2. The van der Waals surface area contributed by atoms with Crippen LogP contribution in [-0.2, 0) is 29.2 Å². The normalized spacial score (nSPS) is 26.2. The second-order valence-electron chi connectivity index (χ2n) is 16.9. The molecule has 2 saturated carbocycles. The number of ether oxygens (including phenoxy) is 2. The number of amides is 4. The molecule has 3 heterocycles. The second kappa shape index (κ2) is 16.1. The summed E-state index contributed by atoms with van der Waals surface area (Å²) in [5.41, 5.74) is 0.191. The standard InChI is InChI=1S/C43H53N5O8S/c1-42(2,3)45-38(49)21-28-15-9-6-5-7-12-16-29-25-43(29,41(52)47-57(53,54)32-18-19-32)46-39(50)36-23-31(26-48(36)40(28)51)56-37-24-34(27-13-10-8-11-14-27)44-35-22-30(55-4)17-20-33(35)37/h8,10-14,16-17,20,22,24,28-29,31-32,36H,5-7,9,15,18-19,21,23,25-26H2,1-4H3,(H,45,49)(H,46,50)(H,47,52)/b16-12-/t28-,29+,31-,36+,43-/m1/s1. The van der Waals surface area contributed by atoms with Crippen molar-refractivity contribution >= 4 is 44.6 Å². The molecule has 3 N–H and O–H groups in total. The maximum Gasteiger partial charge on any atom is 0.259 e. The lowest BCUT2D eigenvalue weighted by Crippen LogP contribution is -2.57. The fraction of sp³-hybridized carbons (Fsp3) is 0.512. The van der Waals surface area contributed by atoms with Gasteiger partial charge in [-0.3, -0.25) is 23.9 Å². The van der Waals surface area contributed by atoms with Crippen molar-refractivity contribution in [1.29, 1.82) is 0 Å². The summed E-state index contributed by atoms with van der Waals surface area (Å²) < 4.78 is 40.3. The van der Waals surface area contributed by atoms with Crippen LogP contribution in [0.4, 0.5) is 0 Å². The molecule has 5 atom stereocenters. The zero-order valence-electron chi connectivity index (χ0n) is 33.1. The maximum atomic E-state index is 14.7. The van der Waals surface area contributed by atoms with E-state index in [9.17, 15) is 27.6 Å². The number of nitrogens with one attached hydrogen (secondary N) is 3. The molecule has 2 aliphatic heterocycles. The molecule has 1 saturated heterocycles. The van der Waals surface area contributed by atoms with Crippen molar-refractivity contribution < 1.29 is 37.1 Å². The van der Waals surface area contributed by atoms with Gasteiger partial charge in [-0.05, 0) is 71.4 Å². The molecule has 2 aromatic carbocycles. The smallest absolute Gasteiger partial charge is 0.259 e. The van der Waals surface area contributed by atoms with Crippen molar-refractivity contribution in [2.45, 2.75) is 113 Å². The van der Waals surface area contributed by atoms with Gasteiger partial charge in [-0.15, -0.1) is 0 Å². The average Bonchev–Trinajstić information content (AvgIpc) is 4.09. The highest BCUT2D eigenvalue weighted by Gasteiger charge is 2.62. The van der Waals surface area contributed by atoms with Crippen LogP contribution in [0.2, 0.25) is 0 Å². The highest BCUT2D eigenvalue weighted by atomic mass is 32.2. The molecule has 0 unspecified atom stereocenters. The van der Waals surface area contributed by atoms with E-state index in [1.165, 1.54) is 4.90 Å². The average molecular weight is 800 g/mol. The molecule has 7 rings (SSSR count). The molecule has 2 aliphatic carbocycles. The summed E-state index contributed by atoms with van der Waals surface area (Å²) in [6.45, 7) is 5.70. The number of pyridine rings is 1. The maximum absolute atomic E-state index is 14.7. The van der Waals surface area contributed by atoms with Crippen LogP contribution in [0.5, 0.6) is 11.5 Å². The molecule has 3 aromatic rings. The van der Waals surface area contributed by atoms with Crippen molar-refractivity contribution in [3.63, 3.8) is 0 Å². The molecule has 0 radical (unpaired) electrons. The molecule has 57 heavy (non-hydrogen) atoms. The predicted octanol–water partition coefficient (Wildman–Crippen LogP) is 5.18. The van der Waals surface area contributed by atoms with Crippen LogP contribution < -0.4 is 24.8 Å². The quantitative estimate of drug-likeness (QED) is 0.247. The van der Waals surface area contributed by atoms with E-state index in [-0.39, 0.29) is 37.6 Å². The van der Waals surface area contributed by atoms with E-state index in [0.717, 1.165) is 24.8 Å². The molecule has 304 valence electrons. The second-order valence-corrected chi connectivity index (χ2v) is 18.9. The van der Waals surface area contributed by atoms with Crippen molar-refractivity contribution in [2.75, 3.05) is 13.7 Å². The van der Waals surface area contributed by atoms with Crippen LogP contribution in [0.15, 0.2) is 66.7 Å². The van der Waals surface area contributed by atoms with Crippen LogP contribution >= 0.6 is 0 Å². The zero-order chi connectivity index (χ0) is 40.5. The molecule has 3 fully saturated rings. The molecule has 13 nitrogen and oxygen atoms in total. The summed E-state index contributed by atoms with van der Waals surface area (Å²) in [4.78, 5) is 62.8. The van der Waals surface area contributed by atoms with Gasteiger partial charge in [0.2, 0.25) is 27.7 Å². The lowest BCUT2D eigenvalue weighted by molar-refractivity contribution is -0.144. The molecular formula is C43H53N5O8S. The Kier molecular flexibility index (Phi) is 11.4. The number of fused-ring (bicyclic) bond motifs is 3. The number of aromatic nitrogens is 1. The summed E-state index contributed by atoms with van der Waals surface area (Å²) in [6, 6.07) is 16.0. The van der Waals surface area contributed by atoms with E-state index in [4.69, 9.17) is 14.5 Å². The number of rotatable bonds is 9. The van der Waals surface area contributed by atoms with E-state index < -0.39 is 62.1 Å². The molecule has 0 spiro atoms. The monoisotopic (exact) mass is 799 g/mol. The Morgan fingerprint density at radius 3 is 2.51 bits per heavy atom. The first-order valence-corrected chi connectivity index (χ1v) is 21.6. The third kappa shape index (κ3) is 9.27. The van der Waals surface area contributed by atoms with E-state index >= 15 is 0 Å². The molecule has 0 bridgehead atoms. The van der Waals surface area contributed by atoms with Gasteiger partial charge < -0.3 is 25.0 Å². The number of benzene rings is 2. The molecule has 1 aromatic heterocycles. The molecule has 4 aliphatic rings. The number of sulfonamides is 1. The molecule has 4 amide bonds. The minimum absolute atomic E-state index is 0.0446. The van der Waals surface area contributed by atoms with E-state index in [0.29, 0.717) is 53.8 Å². The third-order valence-corrected chi connectivity index (χ3v) is 13.1. The Morgan fingerprint density at radius 2 is 1.79 bits per heavy atom. The summed E-state index contributed by atoms with van der Waals surface area (Å²) >= 11 is 0. The number of hydrogen-bond donors (Lipinski definition) is 3. The van der Waals surface area contributed by atoms with Gasteiger partial charge in [0.05, 0.1) is 30.1 Å². The topological polar surface area (TPSA) is 173 Å². The number of hydrogen-bond acceptors (Lipinski definition) is 9. The minimum Gasteiger partial charge on any atom is -0.497 e. The highest BCUT2D eigenvalue weighted by Crippen LogP contribution is 2.46. The molecular weight excluding hydrogens is 747 g/mol. The van der Waals surface area contributed by atoms with Gasteiger partial charge in [-0.25, -0.2) is 13.4 Å². The van der Waals surface area contributed by atoms with Gasteiger partial charge in [-0.2, -0.15) is 0 Å². The number of carbonyl (C=O) groups is 4. The SMILES string of the molecule is COc1ccc2c(O[C@@H]3C[C@H]4C(=O)N[C@]5(C(=O)NS(=O)(=O)C6CC6)C[C@@H]5/C=C\CCCCC[C@H](CC(=O)NC(C)(C)C)C(=O)N4C3)cc(-c3ccccc3)nc2c1. The third-order valence-electron chi connectivity index (χ3n) is 11.2. The fourth-order valence-electron chi connectivity index (χ4n) is 8.01. The lowest BCUT2D eigenvalue weighted by atomic mass is 9.94. The van der Waals surface area contributed by atoms with Crippen molar-refractivity contribution in [3.05, 3.63) is 66.7 Å². The van der Waals surface area contributed by atoms with E-state index in [2.05, 4.69) is 15.4 Å². The van der Waals surface area contributed by atoms with Gasteiger partial charge in [0.15, 0.2) is 0 Å². The Morgan fingerprint density at radius 1 is 1.02 bits per heavy atom. The van der Waals surface area contributed by atoms with Crippen LogP contribution in [0.25, 0.3) is 22.2 Å². The van der Waals surface area contributed by atoms with Gasteiger partial charge in [0, 0.05) is 53.3 Å². The number of allylic oxidation sites excluding steroid dienone is 1. The Bertz CT molecular complexity index is 2170. The fourth-order valence-corrected chi connectivity index (χ4v) is 9.37. The summed E-state index contributed by atoms with van der Waals surface area (Å²) in [5, 5.41) is 6.01. The van der Waals surface area contributed by atoms with E-state index in [1.54, 1.807) is 7.11 Å². The lowest BCUT2D eigenvalue weighted by Gasteiger charge is -2.30. The van der Waals surface area contributed by atoms with Crippen LogP contribution in [-0.4, -0.2) is 84.1 Å². The first kappa shape index (κ1) is 40.2. The zero-order valence-corrected chi connectivity index (χ0v) is 33.9. The highest BCUT2D eigenvalue weighted by molar-refractivity contribution is 7.91. The van der Waals surface area contributed by atoms with Gasteiger partial charge in [0.25, 0.3) is 5.91 Å². The summed E-state index contributed by atoms with van der Waals surface area (Å²) in [6.07, 6.45) is 8.00. The number of carbonyl (C=O) groups excluding carboxylic acids is 4. The van der Waals surface area contributed by atoms with Crippen LogP contribution in [0, 0.1) is 11.8 Å². The van der Waals surface area contributed by atoms with Gasteiger partial charge in [-0.1, -0.05) is 55.3 Å². The number of methoxy groups -OCH3 is 1. The summed E-state index contributed by atoms with van der Waals surface area (Å²) in [7, 11) is -2.30. The van der Waals surface area contributed by atoms with Crippen molar-refractivity contribution in [3.8, 4) is 22.8 Å².